The van der Waals surface area contributed by atoms with E-state index in [0.717, 1.165) is 18.6 Å². The van der Waals surface area contributed by atoms with E-state index in [4.69, 9.17) is 14.2 Å². The summed E-state index contributed by atoms with van der Waals surface area (Å²) < 4.78 is 16.1. The van der Waals surface area contributed by atoms with Crippen LogP contribution in [-0.2, 0) is 9.53 Å². The monoisotopic (exact) mass is 385 g/mol. The van der Waals surface area contributed by atoms with Gasteiger partial charge in [0.15, 0.2) is 6.10 Å². The van der Waals surface area contributed by atoms with E-state index in [9.17, 15) is 9.59 Å². The Morgan fingerprint density at radius 2 is 1.61 bits per heavy atom. The van der Waals surface area contributed by atoms with Gasteiger partial charge in [0.2, 0.25) is 0 Å². The fourth-order valence-corrected chi connectivity index (χ4v) is 2.45. The van der Waals surface area contributed by atoms with Crippen LogP contribution in [0, 0.1) is 0 Å². The highest BCUT2D eigenvalue weighted by atomic mass is 16.5. The number of nitrogens with one attached hydrogen (secondary N) is 1. The minimum atomic E-state index is -0.632. The Hall–Kier alpha value is -3.02. The van der Waals surface area contributed by atoms with Crippen LogP contribution in [0.3, 0.4) is 0 Å². The van der Waals surface area contributed by atoms with Crippen molar-refractivity contribution in [2.75, 3.05) is 19.0 Å². The van der Waals surface area contributed by atoms with Crippen molar-refractivity contribution in [2.45, 2.75) is 39.2 Å². The second-order valence-corrected chi connectivity index (χ2v) is 6.25. The van der Waals surface area contributed by atoms with Gasteiger partial charge in [-0.15, -0.1) is 0 Å². The average Bonchev–Trinajstić information content (AvgIpc) is 2.73. The molecule has 150 valence electrons. The van der Waals surface area contributed by atoms with E-state index in [1.807, 2.05) is 13.8 Å². The summed E-state index contributed by atoms with van der Waals surface area (Å²) >= 11 is 0. The van der Waals surface area contributed by atoms with Gasteiger partial charge in [-0.1, -0.05) is 20.3 Å². The van der Waals surface area contributed by atoms with Crippen LogP contribution < -0.4 is 14.8 Å². The molecular weight excluding hydrogens is 358 g/mol. The van der Waals surface area contributed by atoms with Crippen molar-refractivity contribution in [3.8, 4) is 11.5 Å². The van der Waals surface area contributed by atoms with Gasteiger partial charge >= 0.3 is 5.97 Å². The number of carbonyl (C=O) groups excluding carboxylic acids is 2. The first kappa shape index (κ1) is 21.3. The van der Waals surface area contributed by atoms with E-state index in [2.05, 4.69) is 5.32 Å². The smallest absolute Gasteiger partial charge is 0.338 e. The van der Waals surface area contributed by atoms with Gasteiger partial charge in [0.25, 0.3) is 5.91 Å². The molecule has 0 bridgehead atoms. The van der Waals surface area contributed by atoms with E-state index in [1.54, 1.807) is 55.6 Å². The van der Waals surface area contributed by atoms with Crippen molar-refractivity contribution in [1.29, 1.82) is 0 Å². The molecule has 0 fully saturated rings. The lowest BCUT2D eigenvalue weighted by Gasteiger charge is -2.17. The molecule has 6 heteroatoms. The molecule has 0 saturated carbocycles. The zero-order valence-corrected chi connectivity index (χ0v) is 16.6. The number of hydrogen-bond acceptors (Lipinski definition) is 5. The summed E-state index contributed by atoms with van der Waals surface area (Å²) in [5, 5.41) is 2.81. The van der Waals surface area contributed by atoms with E-state index in [-0.39, 0.29) is 11.9 Å². The zero-order valence-electron chi connectivity index (χ0n) is 16.6. The van der Waals surface area contributed by atoms with Gasteiger partial charge in [0.1, 0.15) is 11.5 Å². The van der Waals surface area contributed by atoms with Gasteiger partial charge in [-0.25, -0.2) is 4.79 Å². The quantitative estimate of drug-likeness (QED) is 0.483. The van der Waals surface area contributed by atoms with Crippen LogP contribution >= 0.6 is 0 Å². The van der Waals surface area contributed by atoms with Crippen molar-refractivity contribution >= 4 is 17.6 Å². The Morgan fingerprint density at radius 1 is 0.964 bits per heavy atom. The predicted molar refractivity (Wildman–Crippen MR) is 108 cm³/mol. The Labute approximate surface area is 165 Å². The molecule has 0 saturated heterocycles. The molecule has 0 spiro atoms. The van der Waals surface area contributed by atoms with Crippen molar-refractivity contribution < 1.29 is 23.8 Å². The van der Waals surface area contributed by atoms with E-state index in [1.165, 1.54) is 0 Å². The van der Waals surface area contributed by atoms with Crippen LogP contribution in [0.25, 0.3) is 0 Å². The van der Waals surface area contributed by atoms with Crippen LogP contribution in [0.15, 0.2) is 48.5 Å². The number of ether oxygens (including phenoxy) is 3. The second kappa shape index (κ2) is 11.0. The van der Waals surface area contributed by atoms with Crippen molar-refractivity contribution in [3.63, 3.8) is 0 Å². The maximum atomic E-state index is 12.5. The van der Waals surface area contributed by atoms with Gasteiger partial charge in [0, 0.05) is 5.69 Å². The Kier molecular flexibility index (Phi) is 8.34. The molecule has 0 heterocycles. The van der Waals surface area contributed by atoms with Gasteiger partial charge in [-0.05, 0) is 61.4 Å². The lowest BCUT2D eigenvalue weighted by Crippen LogP contribution is -2.32. The minimum Gasteiger partial charge on any atom is -0.497 e. The number of carbonyl (C=O) groups is 2. The van der Waals surface area contributed by atoms with E-state index < -0.39 is 6.10 Å². The highest BCUT2D eigenvalue weighted by Gasteiger charge is 2.19. The number of anilines is 1. The molecule has 0 aromatic heterocycles. The third-order valence-electron chi connectivity index (χ3n) is 4.12. The first-order chi connectivity index (χ1) is 13.6. The first-order valence-electron chi connectivity index (χ1n) is 9.46. The van der Waals surface area contributed by atoms with Gasteiger partial charge < -0.3 is 19.5 Å². The summed E-state index contributed by atoms with van der Waals surface area (Å²) in [5.74, 6) is 0.698. The molecule has 1 amide bonds. The number of rotatable bonds is 10. The molecule has 1 atom stereocenters. The molecule has 6 nitrogen and oxygen atoms in total. The van der Waals surface area contributed by atoms with Crippen LogP contribution in [0.1, 0.15) is 43.5 Å². The summed E-state index contributed by atoms with van der Waals surface area (Å²) in [6, 6.07) is 13.7. The molecule has 28 heavy (non-hydrogen) atoms. The largest absolute Gasteiger partial charge is 0.497 e. The summed E-state index contributed by atoms with van der Waals surface area (Å²) in [7, 11) is 1.59. The average molecular weight is 385 g/mol. The molecule has 0 aliphatic carbocycles. The fourth-order valence-electron chi connectivity index (χ4n) is 2.45. The molecule has 0 aliphatic rings. The molecule has 2 rings (SSSR count). The number of unbranched alkanes of at least 4 members (excludes halogenated alkanes) is 1. The van der Waals surface area contributed by atoms with Crippen molar-refractivity contribution in [2.24, 2.45) is 0 Å². The van der Waals surface area contributed by atoms with Gasteiger partial charge in [0.05, 0.1) is 19.3 Å². The minimum absolute atomic E-state index is 0.253. The molecule has 0 radical (unpaired) electrons. The Bertz CT molecular complexity index is 756. The van der Waals surface area contributed by atoms with E-state index in [0.29, 0.717) is 30.0 Å². The third kappa shape index (κ3) is 6.30. The predicted octanol–water partition coefficient (Wildman–Crippen LogP) is 4.45. The lowest BCUT2D eigenvalue weighted by molar-refractivity contribution is -0.122. The fraction of sp³-hybridized carbons (Fsp3) is 0.364. The first-order valence-corrected chi connectivity index (χ1v) is 9.46. The molecule has 2 aromatic rings. The number of hydrogen-bond donors (Lipinski definition) is 1. The number of amides is 1. The highest BCUT2D eigenvalue weighted by Crippen LogP contribution is 2.20. The topological polar surface area (TPSA) is 73.9 Å². The second-order valence-electron chi connectivity index (χ2n) is 6.25. The Morgan fingerprint density at radius 3 is 2.18 bits per heavy atom. The normalized spacial score (nSPS) is 11.4. The summed E-state index contributed by atoms with van der Waals surface area (Å²) in [4.78, 5) is 24.4. The molecule has 0 unspecified atom stereocenters. The number of esters is 1. The summed E-state index contributed by atoms with van der Waals surface area (Å²) in [5.41, 5.74) is 1.04. The summed E-state index contributed by atoms with van der Waals surface area (Å²) in [6.45, 7) is 4.32. The third-order valence-corrected chi connectivity index (χ3v) is 4.12. The number of methoxy groups -OCH3 is 1. The van der Waals surface area contributed by atoms with Gasteiger partial charge in [-0.3, -0.25) is 4.79 Å². The molecule has 1 N–H and O–H groups in total. The molecular formula is C22H27NO5. The van der Waals surface area contributed by atoms with Crippen molar-refractivity contribution in [3.05, 3.63) is 54.1 Å². The maximum Gasteiger partial charge on any atom is 0.338 e. The van der Waals surface area contributed by atoms with Crippen LogP contribution in [0.4, 0.5) is 5.69 Å². The van der Waals surface area contributed by atoms with Crippen LogP contribution in [0.2, 0.25) is 0 Å². The molecule has 2 aromatic carbocycles. The van der Waals surface area contributed by atoms with Crippen LogP contribution in [0.5, 0.6) is 11.5 Å². The van der Waals surface area contributed by atoms with Crippen LogP contribution in [-0.4, -0.2) is 31.7 Å². The lowest BCUT2D eigenvalue weighted by atomic mass is 10.2. The van der Waals surface area contributed by atoms with Gasteiger partial charge in [-0.2, -0.15) is 0 Å². The highest BCUT2D eigenvalue weighted by molar-refractivity contribution is 5.95. The molecule has 0 aliphatic heterocycles. The standard InChI is InChI=1S/C22H27NO5/c1-4-6-15-27-22(25)16-7-9-17(10-8-16)23-21(24)20(5-2)28-19-13-11-18(26-3)12-14-19/h7-14,20H,4-6,15H2,1-3H3,(H,23,24)/t20-/m0/s1. The van der Waals surface area contributed by atoms with E-state index >= 15 is 0 Å². The maximum absolute atomic E-state index is 12.5. The Balaban J connectivity index is 1.93. The van der Waals surface area contributed by atoms with Crippen molar-refractivity contribution in [1.82, 2.24) is 0 Å². The number of benzene rings is 2. The summed E-state index contributed by atoms with van der Waals surface area (Å²) in [6.07, 6.45) is 1.69. The SMILES string of the molecule is CCCCOC(=O)c1ccc(NC(=O)[C@H](CC)Oc2ccc(OC)cc2)cc1. The zero-order chi connectivity index (χ0) is 20.4.